The molecule has 2 aromatic carbocycles. The third-order valence-electron chi connectivity index (χ3n) is 4.36. The van der Waals surface area contributed by atoms with Crippen LogP contribution in [-0.4, -0.2) is 49.7 Å². The van der Waals surface area contributed by atoms with Crippen LogP contribution in [-0.2, 0) is 10.0 Å². The van der Waals surface area contributed by atoms with Gasteiger partial charge < -0.3 is 4.90 Å². The second kappa shape index (κ2) is 7.69. The quantitative estimate of drug-likeness (QED) is 0.799. The molecule has 144 valence electrons. The van der Waals surface area contributed by atoms with Crippen LogP contribution in [0.4, 0.5) is 13.2 Å². The fourth-order valence-corrected chi connectivity index (χ4v) is 4.58. The van der Waals surface area contributed by atoms with Gasteiger partial charge in [0.05, 0.1) is 5.56 Å². The molecule has 0 unspecified atom stereocenters. The number of hydrogen-bond acceptors (Lipinski definition) is 3. The van der Waals surface area contributed by atoms with Gasteiger partial charge in [-0.25, -0.2) is 21.6 Å². The molecule has 1 amide bonds. The molecule has 1 heterocycles. The van der Waals surface area contributed by atoms with Gasteiger partial charge in [0.25, 0.3) is 5.91 Å². The Kier molecular flexibility index (Phi) is 5.52. The minimum Gasteiger partial charge on any atom is -0.337 e. The SMILES string of the molecule is O=C(c1ccccc1F)N1CCCN(S(=O)(=O)c2c(F)cccc2F)CC1. The van der Waals surface area contributed by atoms with Crippen molar-refractivity contribution in [3.63, 3.8) is 0 Å². The van der Waals surface area contributed by atoms with E-state index in [9.17, 15) is 26.4 Å². The summed E-state index contributed by atoms with van der Waals surface area (Å²) < 4.78 is 68.0. The second-order valence-electron chi connectivity index (χ2n) is 6.08. The Hall–Kier alpha value is -2.39. The Bertz CT molecular complexity index is 946. The van der Waals surface area contributed by atoms with Crippen LogP contribution < -0.4 is 0 Å². The van der Waals surface area contributed by atoms with Gasteiger partial charge >= 0.3 is 0 Å². The van der Waals surface area contributed by atoms with E-state index in [2.05, 4.69) is 0 Å². The number of sulfonamides is 1. The maximum absolute atomic E-state index is 13.9. The number of rotatable bonds is 3. The standard InChI is InChI=1S/C18H17F3N2O3S/c19-14-6-2-1-5-13(14)18(24)22-9-4-10-23(12-11-22)27(25,26)17-15(20)7-3-8-16(17)21/h1-3,5-8H,4,9-12H2. The molecule has 0 bridgehead atoms. The highest BCUT2D eigenvalue weighted by Crippen LogP contribution is 2.24. The normalized spacial score (nSPS) is 16.2. The molecule has 5 nitrogen and oxygen atoms in total. The highest BCUT2D eigenvalue weighted by Gasteiger charge is 2.33. The lowest BCUT2D eigenvalue weighted by atomic mass is 10.2. The molecule has 0 aromatic heterocycles. The highest BCUT2D eigenvalue weighted by molar-refractivity contribution is 7.89. The fraction of sp³-hybridized carbons (Fsp3) is 0.278. The minimum atomic E-state index is -4.40. The Morgan fingerprint density at radius 3 is 2.11 bits per heavy atom. The first-order chi connectivity index (χ1) is 12.8. The summed E-state index contributed by atoms with van der Waals surface area (Å²) in [6.07, 6.45) is 0.259. The van der Waals surface area contributed by atoms with Crippen molar-refractivity contribution in [2.75, 3.05) is 26.2 Å². The van der Waals surface area contributed by atoms with E-state index in [1.165, 1.54) is 29.2 Å². The van der Waals surface area contributed by atoms with Gasteiger partial charge in [-0.05, 0) is 30.7 Å². The van der Waals surface area contributed by atoms with Crippen LogP contribution in [0.3, 0.4) is 0 Å². The molecule has 9 heteroatoms. The summed E-state index contributed by atoms with van der Waals surface area (Å²) in [4.78, 5) is 12.8. The van der Waals surface area contributed by atoms with Gasteiger partial charge in [0.15, 0.2) is 4.90 Å². The van der Waals surface area contributed by atoms with Crippen LogP contribution in [0.25, 0.3) is 0 Å². The lowest BCUT2D eigenvalue weighted by Gasteiger charge is -2.22. The second-order valence-corrected chi connectivity index (χ2v) is 7.96. The maximum Gasteiger partial charge on any atom is 0.256 e. The summed E-state index contributed by atoms with van der Waals surface area (Å²) in [5.41, 5.74) is -0.103. The number of carbonyl (C=O) groups excluding carboxylic acids is 1. The van der Waals surface area contributed by atoms with Crippen LogP contribution in [0.1, 0.15) is 16.8 Å². The van der Waals surface area contributed by atoms with Crippen molar-refractivity contribution in [2.45, 2.75) is 11.3 Å². The number of benzene rings is 2. The molecule has 0 N–H and O–H groups in total. The molecular weight excluding hydrogens is 381 g/mol. The van der Waals surface area contributed by atoms with Crippen LogP contribution in [0.2, 0.25) is 0 Å². The topological polar surface area (TPSA) is 57.7 Å². The number of halogens is 3. The van der Waals surface area contributed by atoms with Crippen molar-refractivity contribution in [3.8, 4) is 0 Å². The molecular formula is C18H17F3N2O3S. The zero-order valence-electron chi connectivity index (χ0n) is 14.2. The van der Waals surface area contributed by atoms with Gasteiger partial charge in [0.2, 0.25) is 10.0 Å². The minimum absolute atomic E-state index is 0.00282. The number of hydrogen-bond donors (Lipinski definition) is 0. The van der Waals surface area contributed by atoms with Crippen molar-refractivity contribution in [3.05, 3.63) is 65.5 Å². The molecule has 2 aromatic rings. The van der Waals surface area contributed by atoms with Gasteiger partial charge in [-0.3, -0.25) is 4.79 Å². The summed E-state index contributed by atoms with van der Waals surface area (Å²) >= 11 is 0. The van der Waals surface area contributed by atoms with E-state index in [1.54, 1.807) is 0 Å². The van der Waals surface area contributed by atoms with Gasteiger partial charge in [0, 0.05) is 26.2 Å². The lowest BCUT2D eigenvalue weighted by Crippen LogP contribution is -2.38. The molecule has 0 atom stereocenters. The molecule has 0 radical (unpaired) electrons. The summed E-state index contributed by atoms with van der Waals surface area (Å²) in [5.74, 6) is -3.55. The fourth-order valence-electron chi connectivity index (χ4n) is 3.00. The first-order valence-electron chi connectivity index (χ1n) is 8.30. The Labute approximate surface area is 155 Å². The third-order valence-corrected chi connectivity index (χ3v) is 6.31. The van der Waals surface area contributed by atoms with E-state index in [0.29, 0.717) is 0 Å². The molecule has 1 aliphatic heterocycles. The maximum atomic E-state index is 13.9. The predicted octanol–water partition coefficient (Wildman–Crippen LogP) is 2.64. The van der Waals surface area contributed by atoms with Crippen molar-refractivity contribution < 1.29 is 26.4 Å². The lowest BCUT2D eigenvalue weighted by molar-refractivity contribution is 0.0759. The Balaban J connectivity index is 1.81. The zero-order chi connectivity index (χ0) is 19.6. The van der Waals surface area contributed by atoms with E-state index in [1.807, 2.05) is 0 Å². The van der Waals surface area contributed by atoms with Crippen LogP contribution in [0, 0.1) is 17.5 Å². The predicted molar refractivity (Wildman–Crippen MR) is 92.0 cm³/mol. The summed E-state index contributed by atoms with van der Waals surface area (Å²) in [6.45, 7) is 0.0505. The van der Waals surface area contributed by atoms with Crippen molar-refractivity contribution in [1.82, 2.24) is 9.21 Å². The monoisotopic (exact) mass is 398 g/mol. The van der Waals surface area contributed by atoms with Crippen molar-refractivity contribution in [2.24, 2.45) is 0 Å². The summed E-state index contributed by atoms with van der Waals surface area (Å²) in [7, 11) is -4.40. The van der Waals surface area contributed by atoms with Crippen LogP contribution in [0.5, 0.6) is 0 Å². The van der Waals surface area contributed by atoms with Crippen molar-refractivity contribution >= 4 is 15.9 Å². The van der Waals surface area contributed by atoms with E-state index < -0.39 is 38.3 Å². The Morgan fingerprint density at radius 2 is 1.44 bits per heavy atom. The molecule has 1 aliphatic rings. The first-order valence-corrected chi connectivity index (χ1v) is 9.74. The van der Waals surface area contributed by atoms with E-state index in [-0.39, 0.29) is 38.2 Å². The average molecular weight is 398 g/mol. The van der Waals surface area contributed by atoms with Crippen LogP contribution in [0.15, 0.2) is 47.4 Å². The summed E-state index contributed by atoms with van der Waals surface area (Å²) in [6, 6.07) is 8.36. The zero-order valence-corrected chi connectivity index (χ0v) is 15.1. The van der Waals surface area contributed by atoms with E-state index in [4.69, 9.17) is 0 Å². The smallest absolute Gasteiger partial charge is 0.256 e. The molecule has 0 aliphatic carbocycles. The largest absolute Gasteiger partial charge is 0.337 e. The van der Waals surface area contributed by atoms with Gasteiger partial charge in [-0.15, -0.1) is 0 Å². The van der Waals surface area contributed by atoms with Crippen LogP contribution >= 0.6 is 0 Å². The third kappa shape index (κ3) is 3.84. The van der Waals surface area contributed by atoms with Gasteiger partial charge in [0.1, 0.15) is 17.5 Å². The highest BCUT2D eigenvalue weighted by atomic mass is 32.2. The first kappa shape index (κ1) is 19.4. The van der Waals surface area contributed by atoms with Crippen molar-refractivity contribution in [1.29, 1.82) is 0 Å². The molecule has 1 fully saturated rings. The molecule has 3 rings (SSSR count). The van der Waals surface area contributed by atoms with Gasteiger partial charge in [-0.2, -0.15) is 4.31 Å². The summed E-state index contributed by atoms with van der Waals surface area (Å²) in [5, 5.41) is 0. The van der Waals surface area contributed by atoms with Gasteiger partial charge in [-0.1, -0.05) is 18.2 Å². The number of nitrogens with zero attached hydrogens (tertiary/aromatic N) is 2. The molecule has 0 saturated carbocycles. The molecule has 27 heavy (non-hydrogen) atoms. The van der Waals surface area contributed by atoms with E-state index >= 15 is 0 Å². The number of carbonyl (C=O) groups is 1. The molecule has 1 saturated heterocycles. The number of amides is 1. The van der Waals surface area contributed by atoms with E-state index in [0.717, 1.165) is 22.5 Å². The Morgan fingerprint density at radius 1 is 0.815 bits per heavy atom. The molecule has 0 spiro atoms. The average Bonchev–Trinajstić information content (AvgIpc) is 2.88.